The van der Waals surface area contributed by atoms with E-state index in [9.17, 15) is 9.59 Å². The highest BCUT2D eigenvalue weighted by molar-refractivity contribution is 6.02. The van der Waals surface area contributed by atoms with E-state index in [2.05, 4.69) is 15.6 Å². The van der Waals surface area contributed by atoms with Crippen LogP contribution in [0.5, 0.6) is 17.2 Å². The SMILES string of the molecule is COc1cccc2[nH]c(C(=O)NCC(=O)Nc3ccc4c(c3)OCCO4)cc12. The third kappa shape index (κ3) is 3.57. The van der Waals surface area contributed by atoms with Crippen molar-refractivity contribution < 1.29 is 23.8 Å². The molecule has 0 aliphatic carbocycles. The molecule has 0 unspecified atom stereocenters. The van der Waals surface area contributed by atoms with Crippen LogP contribution in [0.4, 0.5) is 5.69 Å². The van der Waals surface area contributed by atoms with Gasteiger partial charge in [-0.2, -0.15) is 0 Å². The summed E-state index contributed by atoms with van der Waals surface area (Å²) in [5.41, 5.74) is 1.70. The van der Waals surface area contributed by atoms with E-state index in [1.54, 1.807) is 31.4 Å². The van der Waals surface area contributed by atoms with Crippen LogP contribution in [0.15, 0.2) is 42.5 Å². The molecule has 1 aliphatic heterocycles. The molecule has 8 heteroatoms. The molecule has 4 rings (SSSR count). The lowest BCUT2D eigenvalue weighted by Gasteiger charge is -2.19. The van der Waals surface area contributed by atoms with Crippen molar-refractivity contribution in [1.29, 1.82) is 0 Å². The summed E-state index contributed by atoms with van der Waals surface area (Å²) in [5.74, 6) is 1.17. The minimum atomic E-state index is -0.379. The minimum absolute atomic E-state index is 0.167. The highest BCUT2D eigenvalue weighted by Gasteiger charge is 2.15. The number of nitrogens with one attached hydrogen (secondary N) is 3. The Morgan fingerprint density at radius 1 is 1.11 bits per heavy atom. The fraction of sp³-hybridized carbons (Fsp3) is 0.200. The summed E-state index contributed by atoms with van der Waals surface area (Å²) in [6.45, 7) is 0.805. The molecule has 0 spiro atoms. The quantitative estimate of drug-likeness (QED) is 0.630. The number of aromatic nitrogens is 1. The molecule has 0 atom stereocenters. The Morgan fingerprint density at radius 2 is 1.93 bits per heavy atom. The van der Waals surface area contributed by atoms with Crippen molar-refractivity contribution in [3.05, 3.63) is 48.2 Å². The zero-order valence-electron chi connectivity index (χ0n) is 15.2. The summed E-state index contributed by atoms with van der Waals surface area (Å²) >= 11 is 0. The summed E-state index contributed by atoms with van der Waals surface area (Å²) < 4.78 is 16.2. The van der Waals surface area contributed by atoms with E-state index in [4.69, 9.17) is 14.2 Å². The molecule has 2 aromatic carbocycles. The van der Waals surface area contributed by atoms with E-state index in [1.807, 2.05) is 18.2 Å². The fourth-order valence-corrected chi connectivity index (χ4v) is 3.01. The molecular formula is C20H19N3O5. The summed E-state index contributed by atoms with van der Waals surface area (Å²) in [7, 11) is 1.57. The van der Waals surface area contributed by atoms with Crippen molar-refractivity contribution in [3.8, 4) is 17.2 Å². The van der Waals surface area contributed by atoms with Crippen LogP contribution in [0.3, 0.4) is 0 Å². The molecule has 1 aromatic heterocycles. The van der Waals surface area contributed by atoms with Gasteiger partial charge in [-0.25, -0.2) is 0 Å². The molecule has 2 amide bonds. The number of amides is 2. The molecule has 3 N–H and O–H groups in total. The molecule has 2 heterocycles. The van der Waals surface area contributed by atoms with Crippen molar-refractivity contribution in [2.24, 2.45) is 0 Å². The second-order valence-corrected chi connectivity index (χ2v) is 6.19. The van der Waals surface area contributed by atoms with Crippen LogP contribution in [0.25, 0.3) is 10.9 Å². The standard InChI is InChI=1S/C20H19N3O5/c1-26-16-4-2-3-14-13(16)10-15(23-14)20(25)21-11-19(24)22-12-5-6-17-18(9-12)28-8-7-27-17/h2-6,9-10,23H,7-8,11H2,1H3,(H,21,25)(H,22,24). The number of carbonyl (C=O) groups excluding carboxylic acids is 2. The first-order valence-corrected chi connectivity index (χ1v) is 8.77. The molecule has 144 valence electrons. The van der Waals surface area contributed by atoms with Crippen molar-refractivity contribution in [2.75, 3.05) is 32.2 Å². The van der Waals surface area contributed by atoms with Crippen molar-refractivity contribution in [3.63, 3.8) is 0 Å². The number of carbonyl (C=O) groups is 2. The number of hydrogen-bond acceptors (Lipinski definition) is 5. The maximum atomic E-state index is 12.4. The molecule has 1 aliphatic rings. The Bertz CT molecular complexity index is 1040. The molecule has 0 saturated carbocycles. The zero-order valence-corrected chi connectivity index (χ0v) is 15.2. The van der Waals surface area contributed by atoms with Gasteiger partial charge in [0.2, 0.25) is 5.91 Å². The van der Waals surface area contributed by atoms with Gasteiger partial charge in [-0.15, -0.1) is 0 Å². The lowest BCUT2D eigenvalue weighted by atomic mass is 10.2. The molecule has 8 nitrogen and oxygen atoms in total. The van der Waals surface area contributed by atoms with Crippen molar-refractivity contribution in [2.45, 2.75) is 0 Å². The van der Waals surface area contributed by atoms with Gasteiger partial charge in [-0.3, -0.25) is 9.59 Å². The lowest BCUT2D eigenvalue weighted by molar-refractivity contribution is -0.115. The van der Waals surface area contributed by atoms with Crippen molar-refractivity contribution in [1.82, 2.24) is 10.3 Å². The average Bonchev–Trinajstić information content (AvgIpc) is 3.16. The van der Waals surface area contributed by atoms with Gasteiger partial charge in [0.05, 0.1) is 13.7 Å². The molecule has 0 saturated heterocycles. The predicted molar refractivity (Wildman–Crippen MR) is 103 cm³/mol. The van der Waals surface area contributed by atoms with Gasteiger partial charge in [0.1, 0.15) is 24.7 Å². The molecule has 0 bridgehead atoms. The Morgan fingerprint density at radius 3 is 2.75 bits per heavy atom. The number of H-pyrrole nitrogens is 1. The second kappa shape index (κ2) is 7.51. The highest BCUT2D eigenvalue weighted by Crippen LogP contribution is 2.32. The number of fused-ring (bicyclic) bond motifs is 2. The largest absolute Gasteiger partial charge is 0.496 e. The molecular weight excluding hydrogens is 362 g/mol. The zero-order chi connectivity index (χ0) is 19.5. The van der Waals surface area contributed by atoms with Gasteiger partial charge >= 0.3 is 0 Å². The minimum Gasteiger partial charge on any atom is -0.496 e. The van der Waals surface area contributed by atoms with E-state index in [0.717, 1.165) is 10.9 Å². The van der Waals surface area contributed by atoms with Gasteiger partial charge in [-0.1, -0.05) is 6.07 Å². The van der Waals surface area contributed by atoms with Crippen LogP contribution in [0.1, 0.15) is 10.5 Å². The highest BCUT2D eigenvalue weighted by atomic mass is 16.6. The van der Waals surface area contributed by atoms with E-state index < -0.39 is 0 Å². The number of anilines is 1. The third-order valence-electron chi connectivity index (χ3n) is 4.32. The topological polar surface area (TPSA) is 102 Å². The third-order valence-corrected chi connectivity index (χ3v) is 4.32. The first-order chi connectivity index (χ1) is 13.6. The molecule has 28 heavy (non-hydrogen) atoms. The maximum absolute atomic E-state index is 12.4. The summed E-state index contributed by atoms with van der Waals surface area (Å²) in [5, 5.41) is 6.13. The lowest BCUT2D eigenvalue weighted by Crippen LogP contribution is -2.33. The number of aromatic amines is 1. The van der Waals surface area contributed by atoms with E-state index in [1.165, 1.54) is 0 Å². The van der Waals surface area contributed by atoms with Gasteiger partial charge in [0, 0.05) is 22.7 Å². The first kappa shape index (κ1) is 17.7. The van der Waals surface area contributed by atoms with Gasteiger partial charge in [-0.05, 0) is 30.3 Å². The van der Waals surface area contributed by atoms with Crippen LogP contribution in [0, 0.1) is 0 Å². The Hall–Kier alpha value is -3.68. The smallest absolute Gasteiger partial charge is 0.268 e. The van der Waals surface area contributed by atoms with Gasteiger partial charge < -0.3 is 29.8 Å². The van der Waals surface area contributed by atoms with Crippen LogP contribution in [-0.4, -0.2) is 43.7 Å². The summed E-state index contributed by atoms with van der Waals surface area (Å²) in [6.07, 6.45) is 0. The normalized spacial score (nSPS) is 12.5. The first-order valence-electron chi connectivity index (χ1n) is 8.77. The van der Waals surface area contributed by atoms with Gasteiger partial charge in [0.15, 0.2) is 11.5 Å². The Labute approximate surface area is 160 Å². The number of rotatable bonds is 5. The maximum Gasteiger partial charge on any atom is 0.268 e. The fourth-order valence-electron chi connectivity index (χ4n) is 3.01. The summed E-state index contributed by atoms with van der Waals surface area (Å²) in [6, 6.07) is 12.3. The number of benzene rings is 2. The predicted octanol–water partition coefficient (Wildman–Crippen LogP) is 2.32. The van der Waals surface area contributed by atoms with E-state index in [0.29, 0.717) is 41.8 Å². The van der Waals surface area contributed by atoms with Crippen LogP contribution in [0.2, 0.25) is 0 Å². The molecule has 0 radical (unpaired) electrons. The van der Waals surface area contributed by atoms with Crippen LogP contribution in [-0.2, 0) is 4.79 Å². The number of hydrogen-bond donors (Lipinski definition) is 3. The van der Waals surface area contributed by atoms with E-state index in [-0.39, 0.29) is 18.4 Å². The van der Waals surface area contributed by atoms with Crippen LogP contribution < -0.4 is 24.8 Å². The molecule has 3 aromatic rings. The average molecular weight is 381 g/mol. The van der Waals surface area contributed by atoms with Gasteiger partial charge in [0.25, 0.3) is 5.91 Å². The Balaban J connectivity index is 1.37. The molecule has 0 fully saturated rings. The number of ether oxygens (including phenoxy) is 3. The monoisotopic (exact) mass is 381 g/mol. The van der Waals surface area contributed by atoms with Crippen molar-refractivity contribution >= 4 is 28.4 Å². The summed E-state index contributed by atoms with van der Waals surface area (Å²) in [4.78, 5) is 27.5. The van der Waals surface area contributed by atoms with E-state index >= 15 is 0 Å². The van der Waals surface area contributed by atoms with Crippen LogP contribution >= 0.6 is 0 Å². The number of methoxy groups -OCH3 is 1. The second-order valence-electron chi connectivity index (χ2n) is 6.19. The Kier molecular flexibility index (Phi) is 4.76.